The number of aryl methyl sites for hydroxylation is 2. The van der Waals surface area contributed by atoms with E-state index < -0.39 is 10.0 Å². The number of hydrogen-bond acceptors (Lipinski definition) is 3. The molecule has 1 saturated heterocycles. The van der Waals surface area contributed by atoms with E-state index >= 15 is 0 Å². The largest absolute Gasteiger partial charge is 0.349 e. The van der Waals surface area contributed by atoms with Crippen molar-refractivity contribution in [2.75, 3.05) is 19.3 Å². The van der Waals surface area contributed by atoms with Crippen molar-refractivity contribution in [1.29, 1.82) is 0 Å². The molecule has 0 aliphatic carbocycles. The van der Waals surface area contributed by atoms with Crippen LogP contribution in [0.5, 0.6) is 0 Å². The number of piperidine rings is 1. The normalized spacial score (nSPS) is 21.0. The Kier molecular flexibility index (Phi) is 5.47. The monoisotopic (exact) mass is 338 g/mol. The third-order valence-electron chi connectivity index (χ3n) is 4.61. The van der Waals surface area contributed by atoms with Gasteiger partial charge in [-0.1, -0.05) is 18.2 Å². The third-order valence-corrected chi connectivity index (χ3v) is 5.88. The second-order valence-corrected chi connectivity index (χ2v) is 8.52. The van der Waals surface area contributed by atoms with E-state index in [0.29, 0.717) is 6.54 Å². The van der Waals surface area contributed by atoms with Crippen LogP contribution in [-0.4, -0.2) is 38.0 Å². The van der Waals surface area contributed by atoms with E-state index in [9.17, 15) is 13.2 Å². The first-order chi connectivity index (χ1) is 10.7. The maximum absolute atomic E-state index is 12.5. The van der Waals surface area contributed by atoms with Gasteiger partial charge >= 0.3 is 0 Å². The van der Waals surface area contributed by atoms with Crippen LogP contribution in [0.25, 0.3) is 0 Å². The van der Waals surface area contributed by atoms with Crippen molar-refractivity contribution in [1.82, 2.24) is 9.62 Å². The Hall–Kier alpha value is -1.40. The molecule has 0 aromatic heterocycles. The Morgan fingerprint density at radius 3 is 2.61 bits per heavy atom. The average molecular weight is 338 g/mol. The number of amides is 1. The van der Waals surface area contributed by atoms with Crippen LogP contribution in [0.1, 0.15) is 42.5 Å². The van der Waals surface area contributed by atoms with E-state index in [1.54, 1.807) is 0 Å². The smallest absolute Gasteiger partial charge is 0.224 e. The van der Waals surface area contributed by atoms with Crippen molar-refractivity contribution in [2.24, 2.45) is 5.92 Å². The van der Waals surface area contributed by atoms with Crippen LogP contribution in [0, 0.1) is 19.8 Å². The molecule has 1 aromatic rings. The summed E-state index contributed by atoms with van der Waals surface area (Å²) in [5.41, 5.74) is 3.49. The van der Waals surface area contributed by atoms with E-state index in [1.807, 2.05) is 13.0 Å². The molecule has 0 saturated carbocycles. The van der Waals surface area contributed by atoms with Crippen molar-refractivity contribution in [3.8, 4) is 0 Å². The van der Waals surface area contributed by atoms with Gasteiger partial charge in [-0.3, -0.25) is 4.79 Å². The van der Waals surface area contributed by atoms with Crippen LogP contribution >= 0.6 is 0 Å². The highest BCUT2D eigenvalue weighted by molar-refractivity contribution is 7.88. The summed E-state index contributed by atoms with van der Waals surface area (Å²) in [5.74, 6) is -0.337. The lowest BCUT2D eigenvalue weighted by Crippen LogP contribution is -2.45. The van der Waals surface area contributed by atoms with Crippen molar-refractivity contribution >= 4 is 15.9 Å². The number of rotatable bonds is 4. The van der Waals surface area contributed by atoms with Crippen LogP contribution in [-0.2, 0) is 14.8 Å². The SMILES string of the molecule is Cc1ccc([C@H](C)NC(=O)[C@H]2CCCN(S(C)(=O)=O)C2)cc1C. The topological polar surface area (TPSA) is 66.5 Å². The first-order valence-electron chi connectivity index (χ1n) is 8.01. The molecule has 0 radical (unpaired) electrons. The fraction of sp³-hybridized carbons (Fsp3) is 0.588. The Labute approximate surface area is 139 Å². The van der Waals surface area contributed by atoms with Gasteiger partial charge in [-0.2, -0.15) is 0 Å². The summed E-state index contributed by atoms with van der Waals surface area (Å²) >= 11 is 0. The standard InChI is InChI=1S/C17H26N2O3S/c1-12-7-8-15(10-13(12)2)14(3)18-17(20)16-6-5-9-19(11-16)23(4,21)22/h7-8,10,14,16H,5-6,9,11H2,1-4H3,(H,18,20)/t14-,16-/m0/s1. The molecule has 23 heavy (non-hydrogen) atoms. The van der Waals surface area contributed by atoms with Gasteiger partial charge in [0.25, 0.3) is 0 Å². The molecule has 2 rings (SSSR count). The minimum absolute atomic E-state index is 0.0657. The zero-order valence-corrected chi connectivity index (χ0v) is 15.1. The molecule has 128 valence electrons. The van der Waals surface area contributed by atoms with Gasteiger partial charge in [0.05, 0.1) is 18.2 Å². The summed E-state index contributed by atoms with van der Waals surface area (Å²) in [4.78, 5) is 12.5. The molecule has 1 aliphatic heterocycles. The summed E-state index contributed by atoms with van der Waals surface area (Å²) < 4.78 is 24.7. The molecule has 6 heteroatoms. The molecule has 1 amide bonds. The van der Waals surface area contributed by atoms with E-state index in [2.05, 4.69) is 31.3 Å². The fourth-order valence-electron chi connectivity index (χ4n) is 2.91. The van der Waals surface area contributed by atoms with Crippen molar-refractivity contribution in [3.63, 3.8) is 0 Å². The molecule has 1 aromatic carbocycles. The first kappa shape index (κ1) is 17.9. The number of nitrogens with one attached hydrogen (secondary N) is 1. The maximum atomic E-state index is 12.5. The number of hydrogen-bond donors (Lipinski definition) is 1. The fourth-order valence-corrected chi connectivity index (χ4v) is 3.82. The molecule has 1 fully saturated rings. The molecule has 0 spiro atoms. The van der Waals surface area contributed by atoms with E-state index in [0.717, 1.165) is 18.4 Å². The average Bonchev–Trinajstić information content (AvgIpc) is 2.49. The first-order valence-corrected chi connectivity index (χ1v) is 9.86. The Morgan fingerprint density at radius 2 is 2.00 bits per heavy atom. The van der Waals surface area contributed by atoms with Gasteiger partial charge in [0.2, 0.25) is 15.9 Å². The quantitative estimate of drug-likeness (QED) is 0.915. The van der Waals surface area contributed by atoms with Crippen molar-refractivity contribution in [2.45, 2.75) is 39.7 Å². The zero-order chi connectivity index (χ0) is 17.2. The van der Waals surface area contributed by atoms with Crippen molar-refractivity contribution < 1.29 is 13.2 Å². The third kappa shape index (κ3) is 4.54. The molecular formula is C17H26N2O3S. The van der Waals surface area contributed by atoms with Gasteiger partial charge in [0.15, 0.2) is 0 Å². The van der Waals surface area contributed by atoms with Gasteiger partial charge in [0.1, 0.15) is 0 Å². The minimum Gasteiger partial charge on any atom is -0.349 e. The second-order valence-electron chi connectivity index (χ2n) is 6.53. The number of benzene rings is 1. The molecule has 0 unspecified atom stereocenters. The lowest BCUT2D eigenvalue weighted by Gasteiger charge is -2.31. The molecule has 1 N–H and O–H groups in total. The lowest BCUT2D eigenvalue weighted by molar-refractivity contribution is -0.126. The number of sulfonamides is 1. The van der Waals surface area contributed by atoms with Gasteiger partial charge < -0.3 is 5.32 Å². The summed E-state index contributed by atoms with van der Waals surface area (Å²) in [6.07, 6.45) is 2.66. The van der Waals surface area contributed by atoms with Crippen molar-refractivity contribution in [3.05, 3.63) is 34.9 Å². The predicted octanol–water partition coefficient (Wildman–Crippen LogP) is 2.15. The van der Waals surface area contributed by atoms with Crippen LogP contribution < -0.4 is 5.32 Å². The maximum Gasteiger partial charge on any atom is 0.224 e. The molecule has 0 bridgehead atoms. The predicted molar refractivity (Wildman–Crippen MR) is 91.6 cm³/mol. The molecule has 1 aliphatic rings. The summed E-state index contributed by atoms with van der Waals surface area (Å²) in [7, 11) is -3.23. The number of carbonyl (C=O) groups excluding carboxylic acids is 1. The zero-order valence-electron chi connectivity index (χ0n) is 14.3. The van der Waals surface area contributed by atoms with Crippen LogP contribution in [0.15, 0.2) is 18.2 Å². The summed E-state index contributed by atoms with van der Waals surface area (Å²) in [6, 6.07) is 6.08. The highest BCUT2D eigenvalue weighted by Gasteiger charge is 2.30. The molecule has 5 nitrogen and oxygen atoms in total. The van der Waals surface area contributed by atoms with Gasteiger partial charge in [-0.05, 0) is 50.3 Å². The lowest BCUT2D eigenvalue weighted by atomic mass is 9.97. The van der Waals surface area contributed by atoms with Gasteiger partial charge in [0, 0.05) is 13.1 Å². The van der Waals surface area contributed by atoms with Gasteiger partial charge in [-0.25, -0.2) is 12.7 Å². The van der Waals surface area contributed by atoms with Crippen LogP contribution in [0.3, 0.4) is 0 Å². The van der Waals surface area contributed by atoms with E-state index in [-0.39, 0.29) is 24.4 Å². The van der Waals surface area contributed by atoms with E-state index in [1.165, 1.54) is 21.7 Å². The second kappa shape index (κ2) is 7.01. The molecular weight excluding hydrogens is 312 g/mol. The van der Waals surface area contributed by atoms with Gasteiger partial charge in [-0.15, -0.1) is 0 Å². The Balaban J connectivity index is 2.01. The highest BCUT2D eigenvalue weighted by atomic mass is 32.2. The van der Waals surface area contributed by atoms with Crippen LogP contribution in [0.2, 0.25) is 0 Å². The summed E-state index contributed by atoms with van der Waals surface area (Å²) in [5, 5.41) is 3.02. The Morgan fingerprint density at radius 1 is 1.30 bits per heavy atom. The molecule has 2 atom stereocenters. The highest BCUT2D eigenvalue weighted by Crippen LogP contribution is 2.21. The summed E-state index contributed by atoms with van der Waals surface area (Å²) in [6.45, 7) is 6.86. The van der Waals surface area contributed by atoms with Crippen LogP contribution in [0.4, 0.5) is 0 Å². The number of carbonyl (C=O) groups is 1. The van der Waals surface area contributed by atoms with E-state index in [4.69, 9.17) is 0 Å². The molecule has 1 heterocycles. The minimum atomic E-state index is -3.23. The number of nitrogens with zero attached hydrogens (tertiary/aromatic N) is 1. The Bertz CT molecular complexity index is 685.